The first-order chi connectivity index (χ1) is 8.56. The van der Waals surface area contributed by atoms with Crippen LogP contribution >= 0.6 is 11.3 Å². The van der Waals surface area contributed by atoms with E-state index in [4.69, 9.17) is 0 Å². The number of aromatic nitrogens is 1. The number of aryl methyl sites for hydroxylation is 1. The lowest BCUT2D eigenvalue weighted by atomic mass is 10.2. The molecule has 1 aromatic heterocycles. The molecule has 4 heteroatoms. The molecule has 3 nitrogen and oxygen atoms in total. The predicted octanol–water partition coefficient (Wildman–Crippen LogP) is 3.32. The summed E-state index contributed by atoms with van der Waals surface area (Å²) in [6, 6.07) is 7.70. The Hall–Kier alpha value is -1.39. The number of hydrogen-bond acceptors (Lipinski definition) is 4. The van der Waals surface area contributed by atoms with Crippen molar-refractivity contribution in [2.24, 2.45) is 0 Å². The highest BCUT2D eigenvalue weighted by molar-refractivity contribution is 7.15. The number of phenols is 1. The SMILES string of the molecule is Cc1nc(-c2cccc(O)c2)sc1CNC(C)C. The summed E-state index contributed by atoms with van der Waals surface area (Å²) >= 11 is 1.68. The van der Waals surface area contributed by atoms with Crippen molar-refractivity contribution in [3.63, 3.8) is 0 Å². The lowest BCUT2D eigenvalue weighted by molar-refractivity contribution is 0.475. The van der Waals surface area contributed by atoms with Crippen LogP contribution in [0.4, 0.5) is 0 Å². The van der Waals surface area contributed by atoms with Crippen molar-refractivity contribution in [2.75, 3.05) is 0 Å². The predicted molar refractivity (Wildman–Crippen MR) is 75.9 cm³/mol. The number of nitrogens with one attached hydrogen (secondary N) is 1. The summed E-state index contributed by atoms with van der Waals surface area (Å²) in [5.41, 5.74) is 2.03. The molecule has 0 saturated carbocycles. The molecule has 2 aromatic rings. The van der Waals surface area contributed by atoms with E-state index in [9.17, 15) is 5.11 Å². The van der Waals surface area contributed by atoms with Crippen molar-refractivity contribution in [3.8, 4) is 16.3 Å². The van der Waals surface area contributed by atoms with Gasteiger partial charge in [-0.05, 0) is 19.1 Å². The highest BCUT2D eigenvalue weighted by Crippen LogP contribution is 2.29. The molecular weight excluding hydrogens is 244 g/mol. The third kappa shape index (κ3) is 3.09. The van der Waals surface area contributed by atoms with Crippen molar-refractivity contribution in [3.05, 3.63) is 34.8 Å². The molecule has 0 aliphatic rings. The summed E-state index contributed by atoms with van der Waals surface area (Å²) in [6.07, 6.45) is 0. The van der Waals surface area contributed by atoms with Crippen molar-refractivity contribution < 1.29 is 5.11 Å². The van der Waals surface area contributed by atoms with Gasteiger partial charge in [-0.25, -0.2) is 4.98 Å². The van der Waals surface area contributed by atoms with Crippen LogP contribution in [0.2, 0.25) is 0 Å². The maximum Gasteiger partial charge on any atom is 0.124 e. The normalized spacial score (nSPS) is 11.1. The smallest absolute Gasteiger partial charge is 0.124 e. The van der Waals surface area contributed by atoms with Crippen molar-refractivity contribution >= 4 is 11.3 Å². The van der Waals surface area contributed by atoms with Crippen molar-refractivity contribution in [1.82, 2.24) is 10.3 Å². The number of rotatable bonds is 4. The maximum atomic E-state index is 9.49. The lowest BCUT2D eigenvalue weighted by Crippen LogP contribution is -2.21. The topological polar surface area (TPSA) is 45.2 Å². The van der Waals surface area contributed by atoms with Gasteiger partial charge in [-0.15, -0.1) is 11.3 Å². The fourth-order valence-corrected chi connectivity index (χ4v) is 2.66. The molecule has 0 atom stereocenters. The van der Waals surface area contributed by atoms with Gasteiger partial charge >= 0.3 is 0 Å². The molecular formula is C14H18N2OS. The first-order valence-corrected chi connectivity index (χ1v) is 6.87. The Kier molecular flexibility index (Phi) is 3.99. The zero-order chi connectivity index (χ0) is 13.1. The second kappa shape index (κ2) is 5.50. The molecule has 1 aromatic carbocycles. The summed E-state index contributed by atoms with van der Waals surface area (Å²) in [4.78, 5) is 5.82. The van der Waals surface area contributed by atoms with E-state index in [2.05, 4.69) is 24.1 Å². The van der Waals surface area contributed by atoms with Gasteiger partial charge in [0.05, 0.1) is 5.69 Å². The van der Waals surface area contributed by atoms with Crippen LogP contribution in [-0.4, -0.2) is 16.1 Å². The van der Waals surface area contributed by atoms with Gasteiger partial charge in [-0.1, -0.05) is 26.0 Å². The largest absolute Gasteiger partial charge is 0.508 e. The molecule has 18 heavy (non-hydrogen) atoms. The molecule has 0 spiro atoms. The molecule has 0 aliphatic heterocycles. The quantitative estimate of drug-likeness (QED) is 0.888. The summed E-state index contributed by atoms with van der Waals surface area (Å²) in [6.45, 7) is 7.14. The van der Waals surface area contributed by atoms with Gasteiger partial charge < -0.3 is 10.4 Å². The van der Waals surface area contributed by atoms with Crippen LogP contribution in [0.1, 0.15) is 24.4 Å². The molecule has 0 saturated heterocycles. The Labute approximate surface area is 112 Å². The number of hydrogen-bond donors (Lipinski definition) is 2. The molecule has 0 unspecified atom stereocenters. The first-order valence-electron chi connectivity index (χ1n) is 6.05. The van der Waals surface area contributed by atoms with E-state index in [0.717, 1.165) is 22.8 Å². The maximum absolute atomic E-state index is 9.49. The lowest BCUT2D eigenvalue weighted by Gasteiger charge is -2.05. The Bertz CT molecular complexity index is 534. The van der Waals surface area contributed by atoms with Gasteiger partial charge in [0, 0.05) is 23.0 Å². The second-order valence-electron chi connectivity index (χ2n) is 4.61. The van der Waals surface area contributed by atoms with Crippen LogP contribution in [0.3, 0.4) is 0 Å². The van der Waals surface area contributed by atoms with Gasteiger partial charge in [0.2, 0.25) is 0 Å². The second-order valence-corrected chi connectivity index (χ2v) is 5.70. The molecule has 2 rings (SSSR count). The van der Waals surface area contributed by atoms with E-state index in [1.54, 1.807) is 23.5 Å². The number of benzene rings is 1. The first kappa shape index (κ1) is 13.1. The van der Waals surface area contributed by atoms with Gasteiger partial charge in [-0.2, -0.15) is 0 Å². The molecule has 0 amide bonds. The van der Waals surface area contributed by atoms with E-state index in [1.807, 2.05) is 19.1 Å². The minimum atomic E-state index is 0.280. The number of nitrogens with zero attached hydrogens (tertiary/aromatic N) is 1. The fraction of sp³-hybridized carbons (Fsp3) is 0.357. The van der Waals surface area contributed by atoms with E-state index in [1.165, 1.54) is 4.88 Å². The molecule has 0 fully saturated rings. The Morgan fingerprint density at radius 1 is 1.39 bits per heavy atom. The van der Waals surface area contributed by atoms with E-state index >= 15 is 0 Å². The zero-order valence-corrected chi connectivity index (χ0v) is 11.7. The van der Waals surface area contributed by atoms with Crippen molar-refractivity contribution in [2.45, 2.75) is 33.4 Å². The Balaban J connectivity index is 2.23. The van der Waals surface area contributed by atoms with E-state index in [-0.39, 0.29) is 5.75 Å². The average Bonchev–Trinajstić information content (AvgIpc) is 2.68. The third-order valence-electron chi connectivity index (χ3n) is 2.66. The number of thiazole rings is 1. The molecule has 0 bridgehead atoms. The van der Waals surface area contributed by atoms with Crippen LogP contribution in [0.5, 0.6) is 5.75 Å². The number of aromatic hydroxyl groups is 1. The van der Waals surface area contributed by atoms with Crippen LogP contribution in [0.25, 0.3) is 10.6 Å². The summed E-state index contributed by atoms with van der Waals surface area (Å²) < 4.78 is 0. The minimum Gasteiger partial charge on any atom is -0.508 e. The number of phenolic OH excluding ortho intramolecular Hbond substituents is 1. The highest BCUT2D eigenvalue weighted by atomic mass is 32.1. The highest BCUT2D eigenvalue weighted by Gasteiger charge is 2.09. The molecule has 96 valence electrons. The van der Waals surface area contributed by atoms with Crippen LogP contribution in [0.15, 0.2) is 24.3 Å². The van der Waals surface area contributed by atoms with E-state index < -0.39 is 0 Å². The summed E-state index contributed by atoms with van der Waals surface area (Å²) in [5.74, 6) is 0.280. The fourth-order valence-electron chi connectivity index (χ4n) is 1.65. The third-order valence-corrected chi connectivity index (χ3v) is 3.86. The minimum absolute atomic E-state index is 0.280. The Morgan fingerprint density at radius 3 is 2.83 bits per heavy atom. The zero-order valence-electron chi connectivity index (χ0n) is 10.9. The molecule has 1 heterocycles. The van der Waals surface area contributed by atoms with Gasteiger partial charge in [0.1, 0.15) is 10.8 Å². The van der Waals surface area contributed by atoms with Crippen LogP contribution in [0, 0.1) is 6.92 Å². The molecule has 0 aliphatic carbocycles. The van der Waals surface area contributed by atoms with Crippen LogP contribution in [-0.2, 0) is 6.54 Å². The van der Waals surface area contributed by atoms with Gasteiger partial charge in [-0.3, -0.25) is 0 Å². The molecule has 2 N–H and O–H groups in total. The van der Waals surface area contributed by atoms with Crippen LogP contribution < -0.4 is 5.32 Å². The standard InChI is InChI=1S/C14H18N2OS/c1-9(2)15-8-13-10(3)16-14(18-13)11-5-4-6-12(17)7-11/h4-7,9,15,17H,8H2,1-3H3. The molecule has 0 radical (unpaired) electrons. The average molecular weight is 262 g/mol. The van der Waals surface area contributed by atoms with Gasteiger partial charge in [0.25, 0.3) is 0 Å². The Morgan fingerprint density at radius 2 is 2.17 bits per heavy atom. The summed E-state index contributed by atoms with van der Waals surface area (Å²) in [5, 5.41) is 13.9. The van der Waals surface area contributed by atoms with E-state index in [0.29, 0.717) is 6.04 Å². The summed E-state index contributed by atoms with van der Waals surface area (Å²) in [7, 11) is 0. The van der Waals surface area contributed by atoms with Crippen molar-refractivity contribution in [1.29, 1.82) is 0 Å². The van der Waals surface area contributed by atoms with Gasteiger partial charge in [0.15, 0.2) is 0 Å². The monoisotopic (exact) mass is 262 g/mol.